The zero-order valence-electron chi connectivity index (χ0n) is 22.6. The number of carbonyl (C=O) groups is 2. The van der Waals surface area contributed by atoms with Crippen molar-refractivity contribution in [2.45, 2.75) is 58.3 Å². The molecule has 2 atom stereocenters. The highest BCUT2D eigenvalue weighted by atomic mass is 19.4. The Bertz CT molecular complexity index is 1280. The summed E-state index contributed by atoms with van der Waals surface area (Å²) < 4.78 is 114. The Labute approximate surface area is 237 Å². The first kappa shape index (κ1) is 36.8. The summed E-state index contributed by atoms with van der Waals surface area (Å²) in [7, 11) is 0. The summed E-state index contributed by atoms with van der Waals surface area (Å²) in [6.45, 7) is 6.12. The number of nitrogens with zero attached hydrogens (tertiary/aromatic N) is 1. The number of alkyl halides is 9. The quantitative estimate of drug-likeness (QED) is 0.127. The fourth-order valence-electron chi connectivity index (χ4n) is 3.44. The smallest absolute Gasteiger partial charge is 0.423 e. The Kier molecular flexibility index (Phi) is 11.8. The van der Waals surface area contributed by atoms with Crippen molar-refractivity contribution in [2.75, 3.05) is 10.6 Å². The third kappa shape index (κ3) is 10.8. The van der Waals surface area contributed by atoms with Gasteiger partial charge in [0.1, 0.15) is 17.6 Å². The predicted molar refractivity (Wildman–Crippen MR) is 134 cm³/mol. The molecule has 0 aliphatic rings. The monoisotopic (exact) mass is 635 g/mol. The number of carboxylic acid groups (broad SMARTS) is 2. The lowest BCUT2D eigenvalue weighted by Gasteiger charge is -2.21. The van der Waals surface area contributed by atoms with Gasteiger partial charge in [0.25, 0.3) is 5.69 Å². The second-order valence-electron chi connectivity index (χ2n) is 9.69. The Morgan fingerprint density at radius 2 is 1.09 bits per heavy atom. The Balaban J connectivity index is 0.000000430. The molecule has 0 spiro atoms. The molecule has 43 heavy (non-hydrogen) atoms. The average molecular weight is 635 g/mol. The molecule has 2 aromatic rings. The third-order valence-electron chi connectivity index (χ3n) is 5.60. The molecule has 0 fully saturated rings. The molecule has 0 radical (unpaired) electrons. The second-order valence-corrected chi connectivity index (χ2v) is 9.69. The standard InChI is InChI=1S/C13H13F6NO2.C12H13F3N2O4/c1-6(2)10(11(21)22)20-9-4-7(12(14,15)16)3-8(5-9)13(17,18)19;1-6(2)10(11(18)19)16-7-3-4-9(17(20)21)8(5-7)12(13,14)15/h3-6,10,20H,1-2H3,(H,21,22);3-6,10,16H,1-2H3,(H,18,19)/t2*10-/m00/s1. The molecule has 0 bridgehead atoms. The molecule has 2 rings (SSSR count). The maximum absolute atomic E-state index is 12.8. The molecule has 0 aliphatic carbocycles. The first-order valence-corrected chi connectivity index (χ1v) is 12.0. The number of carboxylic acids is 2. The van der Waals surface area contributed by atoms with Crippen LogP contribution in [-0.2, 0) is 28.1 Å². The maximum atomic E-state index is 12.8. The molecule has 9 nitrogen and oxygen atoms in total. The number of benzene rings is 2. The summed E-state index contributed by atoms with van der Waals surface area (Å²) in [6.07, 6.45) is -14.9. The van der Waals surface area contributed by atoms with Crippen LogP contribution >= 0.6 is 0 Å². The highest BCUT2D eigenvalue weighted by Crippen LogP contribution is 2.39. The molecular weight excluding hydrogens is 609 g/mol. The summed E-state index contributed by atoms with van der Waals surface area (Å²) in [4.78, 5) is 31.5. The van der Waals surface area contributed by atoms with Gasteiger partial charge in [-0.2, -0.15) is 39.5 Å². The fourth-order valence-corrected chi connectivity index (χ4v) is 3.44. The lowest BCUT2D eigenvalue weighted by molar-refractivity contribution is -0.388. The fraction of sp³-hybridized carbons (Fsp3) is 0.440. The Morgan fingerprint density at radius 3 is 1.40 bits per heavy atom. The van der Waals surface area contributed by atoms with Crippen LogP contribution in [0.1, 0.15) is 44.4 Å². The number of nitro groups is 1. The van der Waals surface area contributed by atoms with Crippen molar-refractivity contribution in [3.05, 3.63) is 63.2 Å². The van der Waals surface area contributed by atoms with Crippen LogP contribution < -0.4 is 10.6 Å². The minimum atomic E-state index is -4.98. The van der Waals surface area contributed by atoms with Crippen molar-refractivity contribution >= 4 is 29.0 Å². The summed E-state index contributed by atoms with van der Waals surface area (Å²) in [5.74, 6) is -3.52. The van der Waals surface area contributed by atoms with Crippen LogP contribution in [0.15, 0.2) is 36.4 Å². The van der Waals surface area contributed by atoms with E-state index < -0.39 is 81.5 Å². The van der Waals surface area contributed by atoms with Crippen LogP contribution in [0.4, 0.5) is 56.6 Å². The van der Waals surface area contributed by atoms with Crippen molar-refractivity contribution in [2.24, 2.45) is 11.8 Å². The zero-order valence-corrected chi connectivity index (χ0v) is 22.6. The minimum absolute atomic E-state index is 0.0175. The van der Waals surface area contributed by atoms with Crippen LogP contribution in [0.3, 0.4) is 0 Å². The molecule has 2 aromatic carbocycles. The Hall–Kier alpha value is -4.25. The number of nitro benzene ring substituents is 1. The van der Waals surface area contributed by atoms with Gasteiger partial charge >= 0.3 is 30.5 Å². The van der Waals surface area contributed by atoms with E-state index in [1.165, 1.54) is 13.8 Å². The van der Waals surface area contributed by atoms with Crippen LogP contribution in [0.5, 0.6) is 0 Å². The van der Waals surface area contributed by atoms with E-state index in [0.717, 1.165) is 6.07 Å². The number of hydrogen-bond acceptors (Lipinski definition) is 6. The number of aliphatic carboxylic acids is 2. The molecule has 0 aromatic heterocycles. The van der Waals surface area contributed by atoms with E-state index in [2.05, 4.69) is 10.6 Å². The van der Waals surface area contributed by atoms with Gasteiger partial charge in [-0.05, 0) is 42.2 Å². The molecule has 240 valence electrons. The lowest BCUT2D eigenvalue weighted by atomic mass is 10.0. The normalized spacial score (nSPS) is 13.6. The van der Waals surface area contributed by atoms with Crippen molar-refractivity contribution < 1.29 is 64.2 Å². The van der Waals surface area contributed by atoms with Gasteiger partial charge in [-0.3, -0.25) is 10.1 Å². The zero-order chi connectivity index (χ0) is 33.7. The van der Waals surface area contributed by atoms with E-state index in [-0.39, 0.29) is 17.7 Å². The van der Waals surface area contributed by atoms with E-state index in [9.17, 15) is 59.2 Å². The van der Waals surface area contributed by atoms with Crippen LogP contribution in [-0.4, -0.2) is 39.2 Å². The number of nitrogens with one attached hydrogen (secondary N) is 2. The van der Waals surface area contributed by atoms with Crippen molar-refractivity contribution in [1.29, 1.82) is 0 Å². The van der Waals surface area contributed by atoms with Crippen molar-refractivity contribution in [3.63, 3.8) is 0 Å². The molecule has 0 heterocycles. The first-order valence-electron chi connectivity index (χ1n) is 12.0. The highest BCUT2D eigenvalue weighted by molar-refractivity contribution is 5.78. The van der Waals surface area contributed by atoms with Crippen molar-refractivity contribution in [3.8, 4) is 0 Å². The van der Waals surface area contributed by atoms with Crippen LogP contribution in [0.2, 0.25) is 0 Å². The van der Waals surface area contributed by atoms with Crippen molar-refractivity contribution in [1.82, 2.24) is 0 Å². The minimum Gasteiger partial charge on any atom is -0.480 e. The van der Waals surface area contributed by atoms with Gasteiger partial charge in [-0.15, -0.1) is 0 Å². The number of halogens is 9. The van der Waals surface area contributed by atoms with E-state index >= 15 is 0 Å². The van der Waals surface area contributed by atoms with E-state index in [1.807, 2.05) is 0 Å². The van der Waals surface area contributed by atoms with Gasteiger partial charge in [0, 0.05) is 17.4 Å². The third-order valence-corrected chi connectivity index (χ3v) is 5.60. The van der Waals surface area contributed by atoms with Gasteiger partial charge in [-0.1, -0.05) is 27.7 Å². The van der Waals surface area contributed by atoms with Gasteiger partial charge in [0.05, 0.1) is 16.1 Å². The predicted octanol–water partition coefficient (Wildman–Crippen LogP) is 7.38. The van der Waals surface area contributed by atoms with Crippen LogP contribution in [0, 0.1) is 22.0 Å². The largest absolute Gasteiger partial charge is 0.480 e. The van der Waals surface area contributed by atoms with E-state index in [0.29, 0.717) is 24.3 Å². The Morgan fingerprint density at radius 1 is 0.698 bits per heavy atom. The van der Waals surface area contributed by atoms with Gasteiger partial charge in [0.15, 0.2) is 0 Å². The highest BCUT2D eigenvalue weighted by Gasteiger charge is 2.39. The van der Waals surface area contributed by atoms with E-state index in [1.54, 1.807) is 13.8 Å². The molecule has 0 saturated carbocycles. The number of hydrogen-bond donors (Lipinski definition) is 4. The molecule has 4 N–H and O–H groups in total. The number of anilines is 2. The van der Waals surface area contributed by atoms with Gasteiger partial charge < -0.3 is 20.8 Å². The molecule has 0 saturated heterocycles. The first-order chi connectivity index (χ1) is 19.4. The molecule has 0 unspecified atom stereocenters. The molecule has 18 heteroatoms. The number of rotatable bonds is 9. The molecule has 0 amide bonds. The summed E-state index contributed by atoms with van der Waals surface area (Å²) >= 11 is 0. The second kappa shape index (κ2) is 13.8. The van der Waals surface area contributed by atoms with Crippen LogP contribution in [0.25, 0.3) is 0 Å². The average Bonchev–Trinajstić information content (AvgIpc) is 2.83. The summed E-state index contributed by atoms with van der Waals surface area (Å²) in [5, 5.41) is 33.2. The molecule has 0 aliphatic heterocycles. The van der Waals surface area contributed by atoms with Gasteiger partial charge in [-0.25, -0.2) is 9.59 Å². The van der Waals surface area contributed by atoms with Gasteiger partial charge in [0.2, 0.25) is 0 Å². The SMILES string of the molecule is CC(C)[C@H](Nc1cc(C(F)(F)F)cc(C(F)(F)F)c1)C(=O)O.CC(C)[C@H](Nc1ccc([N+](=O)[O-])c(C(F)(F)F)c1)C(=O)O. The lowest BCUT2D eigenvalue weighted by Crippen LogP contribution is -2.34. The molecular formula is C25H26F9N3O6. The summed E-state index contributed by atoms with van der Waals surface area (Å²) in [5.41, 5.74) is -6.21. The topological polar surface area (TPSA) is 142 Å². The maximum Gasteiger partial charge on any atom is 0.423 e. The summed E-state index contributed by atoms with van der Waals surface area (Å²) in [6, 6.07) is 0.751. The van der Waals surface area contributed by atoms with E-state index in [4.69, 9.17) is 10.2 Å².